The lowest BCUT2D eigenvalue weighted by Crippen LogP contribution is -2.31. The lowest BCUT2D eigenvalue weighted by molar-refractivity contribution is -0.144. The maximum atomic E-state index is 14.7. The zero-order valence-electron chi connectivity index (χ0n) is 33.2. The molecule has 0 N–H and O–H groups in total. The van der Waals surface area contributed by atoms with E-state index in [0.717, 1.165) is 10.5 Å². The summed E-state index contributed by atoms with van der Waals surface area (Å²) in [6.07, 6.45) is -20.5. The second-order valence-corrected chi connectivity index (χ2v) is 15.0. The van der Waals surface area contributed by atoms with Crippen molar-refractivity contribution in [2.75, 3.05) is 4.90 Å². The third-order valence-electron chi connectivity index (χ3n) is 11.0. The number of fused-ring (bicyclic) bond motifs is 3. The monoisotopic (exact) mass is 904 g/mol. The van der Waals surface area contributed by atoms with Crippen LogP contribution in [0.2, 0.25) is 0 Å². The van der Waals surface area contributed by atoms with Crippen LogP contribution in [-0.4, -0.2) is 16.9 Å². The molecule has 0 aliphatic carbocycles. The summed E-state index contributed by atoms with van der Waals surface area (Å²) in [4.78, 5) is 28.4. The van der Waals surface area contributed by atoms with E-state index in [-0.39, 0.29) is 62.0 Å². The van der Waals surface area contributed by atoms with Crippen LogP contribution in [0.3, 0.4) is 0 Å². The van der Waals surface area contributed by atoms with Gasteiger partial charge < -0.3 is 4.57 Å². The van der Waals surface area contributed by atoms with Gasteiger partial charge in [0.05, 0.1) is 50.2 Å². The first-order valence-electron chi connectivity index (χ1n) is 19.3. The second kappa shape index (κ2) is 16.0. The Labute approximate surface area is 360 Å². The zero-order chi connectivity index (χ0) is 46.8. The first kappa shape index (κ1) is 44.3. The standard InChI is InChI=1S/C49H28F12N2O2/c1-27-7-5-12-43(44(27)45(65)62(26-64)34-11-6-10-29(21-34)28-8-3-2-4-9-28)63-41-19-13-30(35-17-15-32(46(50,51)52)24-39(35)48(56,57)58)22-37(41)38-23-31(14-20-42(38)63)36-18-16-33(47(53,54)55)25-40(36)49(59,60)61/h2-26H,1H3. The van der Waals surface area contributed by atoms with E-state index in [1.807, 2.05) is 18.2 Å². The van der Waals surface area contributed by atoms with Crippen LogP contribution in [0, 0.1) is 6.92 Å². The number of alkyl halides is 12. The van der Waals surface area contributed by atoms with Gasteiger partial charge in [-0.2, -0.15) is 52.7 Å². The summed E-state index contributed by atoms with van der Waals surface area (Å²) in [7, 11) is 0. The largest absolute Gasteiger partial charge is 0.417 e. The van der Waals surface area contributed by atoms with Crippen LogP contribution < -0.4 is 4.90 Å². The minimum Gasteiger partial charge on any atom is -0.308 e. The number of anilines is 1. The Kier molecular flexibility index (Phi) is 10.9. The molecule has 0 aliphatic heterocycles. The van der Waals surface area contributed by atoms with Crippen LogP contribution in [-0.2, 0) is 29.5 Å². The van der Waals surface area contributed by atoms with E-state index >= 15 is 0 Å². The number of carbonyl (C=O) groups is 2. The number of imide groups is 1. The van der Waals surface area contributed by atoms with E-state index in [0.29, 0.717) is 41.8 Å². The smallest absolute Gasteiger partial charge is 0.308 e. The van der Waals surface area contributed by atoms with Gasteiger partial charge in [0, 0.05) is 10.8 Å². The fourth-order valence-corrected chi connectivity index (χ4v) is 7.96. The molecular weight excluding hydrogens is 877 g/mol. The quantitative estimate of drug-likeness (QED) is 0.118. The van der Waals surface area contributed by atoms with Gasteiger partial charge in [0.25, 0.3) is 5.91 Å². The fraction of sp³-hybridized carbons (Fsp3) is 0.102. The molecule has 7 aromatic carbocycles. The highest BCUT2D eigenvalue weighted by molar-refractivity contribution is 6.19. The highest BCUT2D eigenvalue weighted by Crippen LogP contribution is 2.46. The van der Waals surface area contributed by atoms with Crippen molar-refractivity contribution in [1.29, 1.82) is 0 Å². The zero-order valence-corrected chi connectivity index (χ0v) is 33.2. The Morgan fingerprint density at radius 3 is 1.46 bits per heavy atom. The molecule has 0 fully saturated rings. The minimum atomic E-state index is -5.29. The van der Waals surface area contributed by atoms with Crippen molar-refractivity contribution in [2.24, 2.45) is 0 Å². The van der Waals surface area contributed by atoms with E-state index < -0.39 is 64.0 Å². The van der Waals surface area contributed by atoms with Crippen molar-refractivity contribution in [3.8, 4) is 39.1 Å². The summed E-state index contributed by atoms with van der Waals surface area (Å²) in [5.74, 6) is -0.819. The molecule has 330 valence electrons. The molecule has 0 radical (unpaired) electrons. The lowest BCUT2D eigenvalue weighted by Gasteiger charge is -2.21. The topological polar surface area (TPSA) is 42.3 Å². The summed E-state index contributed by atoms with van der Waals surface area (Å²) in [6, 6.07) is 29.9. The molecule has 1 aromatic heterocycles. The third-order valence-corrected chi connectivity index (χ3v) is 11.0. The van der Waals surface area contributed by atoms with Gasteiger partial charge in [-0.25, -0.2) is 4.90 Å². The molecular formula is C49H28F12N2O2. The minimum absolute atomic E-state index is 0.0375. The normalized spacial score (nSPS) is 12.5. The van der Waals surface area contributed by atoms with E-state index in [1.165, 1.54) is 53.1 Å². The van der Waals surface area contributed by atoms with Gasteiger partial charge in [0.1, 0.15) is 0 Å². The molecule has 1 heterocycles. The molecule has 2 amide bonds. The van der Waals surface area contributed by atoms with Gasteiger partial charge in [0.2, 0.25) is 6.41 Å². The first-order valence-corrected chi connectivity index (χ1v) is 19.3. The number of amides is 2. The molecule has 0 unspecified atom stereocenters. The molecule has 16 heteroatoms. The molecule has 65 heavy (non-hydrogen) atoms. The molecule has 0 saturated heterocycles. The number of benzene rings is 7. The van der Waals surface area contributed by atoms with E-state index in [1.54, 1.807) is 49.4 Å². The van der Waals surface area contributed by atoms with Crippen LogP contribution >= 0.6 is 0 Å². The van der Waals surface area contributed by atoms with Gasteiger partial charge in [-0.15, -0.1) is 0 Å². The van der Waals surface area contributed by atoms with E-state index in [4.69, 9.17) is 0 Å². The molecule has 4 nitrogen and oxygen atoms in total. The summed E-state index contributed by atoms with van der Waals surface area (Å²) in [5.41, 5.74) is -5.89. The van der Waals surface area contributed by atoms with Crippen molar-refractivity contribution in [3.05, 3.63) is 179 Å². The highest BCUT2D eigenvalue weighted by atomic mass is 19.4. The summed E-state index contributed by atoms with van der Waals surface area (Å²) < 4.78 is 170. The van der Waals surface area contributed by atoms with Crippen LogP contribution in [0.5, 0.6) is 0 Å². The molecule has 8 aromatic rings. The van der Waals surface area contributed by atoms with Crippen molar-refractivity contribution in [1.82, 2.24) is 4.57 Å². The number of nitrogens with zero attached hydrogens (tertiary/aromatic N) is 2. The van der Waals surface area contributed by atoms with Gasteiger partial charge in [-0.1, -0.05) is 78.9 Å². The number of hydrogen-bond donors (Lipinski definition) is 0. The van der Waals surface area contributed by atoms with Gasteiger partial charge >= 0.3 is 24.7 Å². The number of aromatic nitrogens is 1. The summed E-state index contributed by atoms with van der Waals surface area (Å²) >= 11 is 0. The van der Waals surface area contributed by atoms with Crippen LogP contribution in [0.25, 0.3) is 60.9 Å². The van der Waals surface area contributed by atoms with Crippen molar-refractivity contribution in [3.63, 3.8) is 0 Å². The fourth-order valence-electron chi connectivity index (χ4n) is 7.96. The van der Waals surface area contributed by atoms with Gasteiger partial charge in [-0.3, -0.25) is 9.59 Å². The molecule has 0 aliphatic rings. The second-order valence-electron chi connectivity index (χ2n) is 15.0. The number of halogens is 12. The van der Waals surface area contributed by atoms with Crippen LogP contribution in [0.4, 0.5) is 58.4 Å². The molecule has 0 spiro atoms. The Balaban J connectivity index is 1.38. The summed E-state index contributed by atoms with van der Waals surface area (Å²) in [6.45, 7) is 1.58. The molecule has 0 bridgehead atoms. The predicted molar refractivity (Wildman–Crippen MR) is 221 cm³/mol. The van der Waals surface area contributed by atoms with Gasteiger partial charge in [0.15, 0.2) is 0 Å². The molecule has 0 saturated carbocycles. The van der Waals surface area contributed by atoms with E-state index in [2.05, 4.69) is 0 Å². The maximum absolute atomic E-state index is 14.7. The Hall–Kier alpha value is -7.36. The lowest BCUT2D eigenvalue weighted by atomic mass is 9.94. The first-order chi connectivity index (χ1) is 30.6. The Morgan fingerprint density at radius 1 is 0.492 bits per heavy atom. The average Bonchev–Trinajstić information content (AvgIpc) is 3.58. The van der Waals surface area contributed by atoms with Crippen molar-refractivity contribution < 1.29 is 62.3 Å². The SMILES string of the molecule is Cc1cccc(-n2c3ccc(-c4ccc(C(F)(F)F)cc4C(F)(F)F)cc3c3cc(-c4ccc(C(F)(F)F)cc4C(F)(F)F)ccc32)c1C(=O)N(C=O)c1cccc(-c2ccccc2)c1. The van der Waals surface area contributed by atoms with Crippen molar-refractivity contribution in [2.45, 2.75) is 31.6 Å². The van der Waals surface area contributed by atoms with Crippen LogP contribution in [0.1, 0.15) is 38.2 Å². The van der Waals surface area contributed by atoms with E-state index in [9.17, 15) is 62.3 Å². The predicted octanol–water partition coefficient (Wildman–Crippen LogP) is 15.0. The summed E-state index contributed by atoms with van der Waals surface area (Å²) in [5, 5.41) is 0.0751. The number of hydrogen-bond acceptors (Lipinski definition) is 2. The number of rotatable bonds is 7. The average molecular weight is 905 g/mol. The highest BCUT2D eigenvalue weighted by Gasteiger charge is 2.40. The third kappa shape index (κ3) is 8.31. The van der Waals surface area contributed by atoms with Crippen LogP contribution in [0.15, 0.2) is 146 Å². The Bertz CT molecular complexity index is 3030. The number of aryl methyl sites for hydroxylation is 1. The molecule has 0 atom stereocenters. The molecule has 8 rings (SSSR count). The Morgan fingerprint density at radius 2 is 0.985 bits per heavy atom. The maximum Gasteiger partial charge on any atom is 0.417 e. The number of carbonyl (C=O) groups excluding carboxylic acids is 2. The van der Waals surface area contributed by atoms with Crippen molar-refractivity contribution >= 4 is 39.8 Å². The van der Waals surface area contributed by atoms with Gasteiger partial charge in [-0.05, 0) is 113 Å².